The molecular weight excluding hydrogens is 443 g/mol. The molecule has 2 N–H and O–H groups in total. The van der Waals surface area contributed by atoms with E-state index in [4.69, 9.17) is 9.47 Å². The molecule has 0 aliphatic rings. The number of halogens is 1. The minimum Gasteiger partial charge on any atom is -0.496 e. The summed E-state index contributed by atoms with van der Waals surface area (Å²) in [6.45, 7) is 4.18. The molecule has 7 heteroatoms. The number of benzene rings is 1. The maximum Gasteiger partial charge on any atom is 0.212 e. The first-order valence-electron chi connectivity index (χ1n) is 8.39. The van der Waals surface area contributed by atoms with Gasteiger partial charge in [0.05, 0.1) is 20.8 Å². The van der Waals surface area contributed by atoms with Crippen LogP contribution in [-0.2, 0) is 13.0 Å². The van der Waals surface area contributed by atoms with Crippen LogP contribution in [0.2, 0.25) is 0 Å². The van der Waals surface area contributed by atoms with Crippen molar-refractivity contribution in [1.82, 2.24) is 15.6 Å². The van der Waals surface area contributed by atoms with Crippen molar-refractivity contribution in [3.63, 3.8) is 0 Å². The van der Waals surface area contributed by atoms with Crippen molar-refractivity contribution in [3.8, 4) is 11.6 Å². The fourth-order valence-corrected chi connectivity index (χ4v) is 2.36. The van der Waals surface area contributed by atoms with Crippen LogP contribution in [-0.4, -0.2) is 38.3 Å². The number of rotatable bonds is 8. The average Bonchev–Trinajstić information content (AvgIpc) is 2.67. The molecule has 2 rings (SSSR count). The van der Waals surface area contributed by atoms with Crippen molar-refractivity contribution < 1.29 is 9.47 Å². The summed E-state index contributed by atoms with van der Waals surface area (Å²) in [7, 11) is 3.30. The molecule has 0 bridgehead atoms. The molecule has 2 aromatic rings. The molecule has 6 nitrogen and oxygen atoms in total. The highest BCUT2D eigenvalue weighted by atomic mass is 127. The lowest BCUT2D eigenvalue weighted by atomic mass is 10.1. The molecule has 142 valence electrons. The first-order chi connectivity index (χ1) is 12.3. The van der Waals surface area contributed by atoms with Gasteiger partial charge in [0.25, 0.3) is 0 Å². The fraction of sp³-hybridized carbons (Fsp3) is 0.368. The third kappa shape index (κ3) is 7.07. The standard InChI is InChI=1S/C19H26N4O2.HI/c1-4-20-19(23-14-15-9-10-18(25-3)22-13-15)21-12-11-16-7-5-6-8-17(16)24-2;/h5-10,13H,4,11-12,14H2,1-3H3,(H2,20,21,23);1H. The number of aromatic nitrogens is 1. The van der Waals surface area contributed by atoms with Gasteiger partial charge in [-0.3, -0.25) is 0 Å². The number of hydrogen-bond donors (Lipinski definition) is 2. The Hall–Kier alpha value is -2.03. The molecule has 0 amide bonds. The van der Waals surface area contributed by atoms with Gasteiger partial charge >= 0.3 is 0 Å². The fourth-order valence-electron chi connectivity index (χ4n) is 2.36. The van der Waals surface area contributed by atoms with Gasteiger partial charge in [0.2, 0.25) is 5.88 Å². The average molecular weight is 470 g/mol. The summed E-state index contributed by atoms with van der Waals surface area (Å²) in [5.74, 6) is 2.30. The van der Waals surface area contributed by atoms with E-state index in [1.54, 1.807) is 20.4 Å². The third-order valence-electron chi connectivity index (χ3n) is 3.65. The summed E-state index contributed by atoms with van der Waals surface area (Å²) in [5.41, 5.74) is 2.20. The Kier molecular flexibility index (Phi) is 10.5. The Morgan fingerprint density at radius 2 is 1.88 bits per heavy atom. The van der Waals surface area contributed by atoms with Gasteiger partial charge < -0.3 is 20.1 Å². The summed E-state index contributed by atoms with van der Waals surface area (Å²) in [4.78, 5) is 8.79. The summed E-state index contributed by atoms with van der Waals surface area (Å²) in [6.07, 6.45) is 2.64. The molecule has 1 aromatic carbocycles. The first-order valence-corrected chi connectivity index (χ1v) is 8.39. The van der Waals surface area contributed by atoms with Crippen LogP contribution in [0.5, 0.6) is 11.6 Å². The number of guanidine groups is 1. The lowest BCUT2D eigenvalue weighted by Crippen LogP contribution is -2.38. The van der Waals surface area contributed by atoms with E-state index in [-0.39, 0.29) is 24.0 Å². The monoisotopic (exact) mass is 470 g/mol. The normalized spacial score (nSPS) is 10.7. The molecule has 0 atom stereocenters. The van der Waals surface area contributed by atoms with E-state index in [0.29, 0.717) is 12.4 Å². The highest BCUT2D eigenvalue weighted by molar-refractivity contribution is 14.0. The second kappa shape index (κ2) is 12.3. The molecule has 0 saturated heterocycles. The van der Waals surface area contributed by atoms with Gasteiger partial charge in [-0.25, -0.2) is 9.98 Å². The first kappa shape index (κ1) is 22.0. The topological polar surface area (TPSA) is 67.8 Å². The van der Waals surface area contributed by atoms with Gasteiger partial charge in [-0.15, -0.1) is 24.0 Å². The Morgan fingerprint density at radius 3 is 2.54 bits per heavy atom. The number of ether oxygens (including phenoxy) is 2. The highest BCUT2D eigenvalue weighted by Crippen LogP contribution is 2.17. The number of para-hydroxylation sites is 1. The molecule has 0 unspecified atom stereocenters. The second-order valence-electron chi connectivity index (χ2n) is 5.39. The lowest BCUT2D eigenvalue weighted by molar-refractivity contribution is 0.397. The van der Waals surface area contributed by atoms with E-state index < -0.39 is 0 Å². The minimum absolute atomic E-state index is 0. The van der Waals surface area contributed by atoms with Gasteiger partial charge in [0, 0.05) is 25.4 Å². The Labute approximate surface area is 172 Å². The van der Waals surface area contributed by atoms with Crippen LogP contribution in [0.1, 0.15) is 18.1 Å². The number of methoxy groups -OCH3 is 2. The number of pyridine rings is 1. The van der Waals surface area contributed by atoms with Gasteiger partial charge in [-0.05, 0) is 30.5 Å². The molecule has 26 heavy (non-hydrogen) atoms. The lowest BCUT2D eigenvalue weighted by Gasteiger charge is -2.12. The number of nitrogens with one attached hydrogen (secondary N) is 2. The summed E-state index contributed by atoms with van der Waals surface area (Å²) in [5, 5.41) is 6.60. The van der Waals surface area contributed by atoms with E-state index in [2.05, 4.69) is 26.7 Å². The molecule has 0 aliphatic carbocycles. The van der Waals surface area contributed by atoms with Gasteiger partial charge in [0.1, 0.15) is 5.75 Å². The third-order valence-corrected chi connectivity index (χ3v) is 3.65. The zero-order chi connectivity index (χ0) is 17.9. The highest BCUT2D eigenvalue weighted by Gasteiger charge is 2.03. The molecule has 1 aromatic heterocycles. The van der Waals surface area contributed by atoms with Crippen LogP contribution >= 0.6 is 24.0 Å². The minimum atomic E-state index is 0. The van der Waals surface area contributed by atoms with E-state index in [9.17, 15) is 0 Å². The van der Waals surface area contributed by atoms with E-state index in [0.717, 1.165) is 36.8 Å². The largest absolute Gasteiger partial charge is 0.496 e. The zero-order valence-corrected chi connectivity index (χ0v) is 17.8. The van der Waals surface area contributed by atoms with Crippen molar-refractivity contribution >= 4 is 29.9 Å². The van der Waals surface area contributed by atoms with Crippen molar-refractivity contribution in [2.45, 2.75) is 19.9 Å². The van der Waals surface area contributed by atoms with Crippen LogP contribution in [0.15, 0.2) is 47.6 Å². The molecule has 0 aliphatic heterocycles. The van der Waals surface area contributed by atoms with E-state index >= 15 is 0 Å². The van der Waals surface area contributed by atoms with Gasteiger partial charge in [-0.1, -0.05) is 24.3 Å². The number of nitrogens with zero attached hydrogens (tertiary/aromatic N) is 2. The van der Waals surface area contributed by atoms with Crippen molar-refractivity contribution in [1.29, 1.82) is 0 Å². The van der Waals surface area contributed by atoms with Crippen molar-refractivity contribution in [2.75, 3.05) is 27.3 Å². The van der Waals surface area contributed by atoms with Crippen LogP contribution in [0, 0.1) is 0 Å². The maximum absolute atomic E-state index is 5.38. The van der Waals surface area contributed by atoms with Gasteiger partial charge in [-0.2, -0.15) is 0 Å². The summed E-state index contributed by atoms with van der Waals surface area (Å²) in [6, 6.07) is 11.9. The second-order valence-corrected chi connectivity index (χ2v) is 5.39. The molecule has 0 fully saturated rings. The molecule has 0 saturated carbocycles. The summed E-state index contributed by atoms with van der Waals surface area (Å²) < 4.78 is 10.4. The number of aliphatic imine (C=N–C) groups is 1. The number of hydrogen-bond acceptors (Lipinski definition) is 4. The van der Waals surface area contributed by atoms with Crippen molar-refractivity contribution in [3.05, 3.63) is 53.7 Å². The Balaban J connectivity index is 0.00000338. The summed E-state index contributed by atoms with van der Waals surface area (Å²) >= 11 is 0. The zero-order valence-electron chi connectivity index (χ0n) is 15.5. The maximum atomic E-state index is 5.38. The van der Waals surface area contributed by atoms with Gasteiger partial charge in [0.15, 0.2) is 5.96 Å². The molecular formula is C19H27IN4O2. The Bertz CT molecular complexity index is 677. The van der Waals surface area contributed by atoms with Crippen LogP contribution in [0.25, 0.3) is 0 Å². The van der Waals surface area contributed by atoms with E-state index in [1.165, 1.54) is 5.56 Å². The van der Waals surface area contributed by atoms with Crippen LogP contribution in [0.3, 0.4) is 0 Å². The molecule has 0 spiro atoms. The SMILES string of the molecule is CCNC(=NCc1ccc(OC)nc1)NCCc1ccccc1OC.I. The Morgan fingerprint density at radius 1 is 1.08 bits per heavy atom. The smallest absolute Gasteiger partial charge is 0.212 e. The molecule has 0 radical (unpaired) electrons. The quantitative estimate of drug-likeness (QED) is 0.353. The van der Waals surface area contributed by atoms with Crippen molar-refractivity contribution in [2.24, 2.45) is 4.99 Å². The predicted molar refractivity (Wildman–Crippen MR) is 116 cm³/mol. The van der Waals surface area contributed by atoms with E-state index in [1.807, 2.05) is 37.3 Å². The van der Waals surface area contributed by atoms with Crippen LogP contribution in [0.4, 0.5) is 0 Å². The molecule has 1 heterocycles. The predicted octanol–water partition coefficient (Wildman–Crippen LogP) is 3.01. The van der Waals surface area contributed by atoms with Crippen LogP contribution < -0.4 is 20.1 Å².